The van der Waals surface area contributed by atoms with Crippen LogP contribution in [0.2, 0.25) is 0 Å². The van der Waals surface area contributed by atoms with Gasteiger partial charge in [0.05, 0.1) is 13.5 Å². The van der Waals surface area contributed by atoms with Crippen molar-refractivity contribution >= 4 is 11.6 Å². The highest BCUT2D eigenvalue weighted by atomic mass is 35.5. The Bertz CT molecular complexity index is 222. The molecule has 62 valence electrons. The van der Waals surface area contributed by atoms with Crippen LogP contribution in [-0.4, -0.2) is 15.7 Å². The van der Waals surface area contributed by atoms with Crippen molar-refractivity contribution in [3.05, 3.63) is 18.2 Å². The lowest BCUT2D eigenvalue weighted by Crippen LogP contribution is -2.30. The van der Waals surface area contributed by atoms with Crippen molar-refractivity contribution in [3.63, 3.8) is 0 Å². The van der Waals surface area contributed by atoms with E-state index in [1.807, 2.05) is 24.0 Å². The lowest BCUT2D eigenvalue weighted by molar-refractivity contribution is -0.677. The summed E-state index contributed by atoms with van der Waals surface area (Å²) in [5, 5.41) is 8.78. The Morgan fingerprint density at radius 3 is 3.00 bits per heavy atom. The lowest BCUT2D eigenvalue weighted by atomic mass is 10.3. The molecule has 11 heavy (non-hydrogen) atoms. The zero-order chi connectivity index (χ0) is 8.27. The van der Waals surface area contributed by atoms with Gasteiger partial charge in [-0.2, -0.15) is 0 Å². The molecule has 2 N–H and O–H groups in total. The summed E-state index contributed by atoms with van der Waals surface area (Å²) in [7, 11) is 1.95. The summed E-state index contributed by atoms with van der Waals surface area (Å²) in [5.41, 5.74) is -0.738. The van der Waals surface area contributed by atoms with Crippen LogP contribution >= 0.6 is 11.6 Å². The molecule has 0 saturated carbocycles. The summed E-state index contributed by atoms with van der Waals surface area (Å²) in [6, 6.07) is 0. The molecule has 1 rings (SSSR count). The lowest BCUT2D eigenvalue weighted by Gasteiger charge is -1.97. The van der Waals surface area contributed by atoms with Crippen molar-refractivity contribution in [2.24, 2.45) is 7.05 Å². The Labute approximate surface area is 70.6 Å². The predicted octanol–water partition coefficient (Wildman–Crippen LogP) is 0.329. The molecule has 3 nitrogen and oxygen atoms in total. The second kappa shape index (κ2) is 3.74. The number of aryl methyl sites for hydroxylation is 2. The largest absolute Gasteiger partial charge is 0.378 e. The highest BCUT2D eigenvalue weighted by molar-refractivity contribution is 6.19. The van der Waals surface area contributed by atoms with Gasteiger partial charge in [-0.25, -0.2) is 9.55 Å². The van der Waals surface area contributed by atoms with E-state index in [9.17, 15) is 0 Å². The number of H-pyrrole nitrogens is 1. The molecule has 4 heteroatoms. The molecule has 0 amide bonds. The first-order valence-corrected chi connectivity index (χ1v) is 3.98. The second-order valence-electron chi connectivity index (χ2n) is 2.49. The smallest absolute Gasteiger partial charge is 0.254 e. The molecule has 0 radical (unpaired) electrons. The minimum Gasteiger partial charge on any atom is -0.378 e. The molecular formula is C7H12ClN2O+. The fourth-order valence-electron chi connectivity index (χ4n) is 0.941. The maximum Gasteiger partial charge on any atom is 0.254 e. The molecule has 0 spiro atoms. The molecule has 0 bridgehead atoms. The van der Waals surface area contributed by atoms with Crippen molar-refractivity contribution in [2.75, 3.05) is 0 Å². The number of nitrogens with one attached hydrogen (secondary N) is 1. The number of halogens is 1. The highest BCUT2D eigenvalue weighted by Gasteiger charge is 2.07. The minimum absolute atomic E-state index is 0.579. The third kappa shape index (κ3) is 2.52. The fourth-order valence-corrected chi connectivity index (χ4v) is 1.05. The van der Waals surface area contributed by atoms with Gasteiger partial charge >= 0.3 is 0 Å². The highest BCUT2D eigenvalue weighted by Crippen LogP contribution is 2.00. The van der Waals surface area contributed by atoms with Gasteiger partial charge in [-0.05, 0) is 6.42 Å². The van der Waals surface area contributed by atoms with Gasteiger partial charge in [0.2, 0.25) is 0 Å². The van der Waals surface area contributed by atoms with Crippen LogP contribution in [0.25, 0.3) is 0 Å². The van der Waals surface area contributed by atoms with E-state index < -0.39 is 5.56 Å². The van der Waals surface area contributed by atoms with Crippen LogP contribution in [0.3, 0.4) is 0 Å². The SMILES string of the molecule is C[n+]1cc[nH]c1CCC(O)Cl. The zero-order valence-corrected chi connectivity index (χ0v) is 7.17. The number of aromatic nitrogens is 2. The summed E-state index contributed by atoms with van der Waals surface area (Å²) in [4.78, 5) is 3.05. The maximum atomic E-state index is 8.78. The Morgan fingerprint density at radius 2 is 2.55 bits per heavy atom. The normalized spacial score (nSPS) is 13.4. The number of hydrogen-bond acceptors (Lipinski definition) is 1. The first-order valence-electron chi connectivity index (χ1n) is 3.54. The average molecular weight is 176 g/mol. The molecule has 0 saturated heterocycles. The Kier molecular flexibility index (Phi) is 2.91. The van der Waals surface area contributed by atoms with Crippen LogP contribution in [0.5, 0.6) is 0 Å². The van der Waals surface area contributed by atoms with Crippen LogP contribution in [-0.2, 0) is 13.5 Å². The van der Waals surface area contributed by atoms with Crippen molar-refractivity contribution < 1.29 is 9.67 Å². The first-order chi connectivity index (χ1) is 5.20. The standard InChI is InChI=1S/C7H11ClN2O/c1-10-5-4-9-7(10)3-2-6(8)11/h4-6,11H,2-3H2,1H3/p+1. The van der Waals surface area contributed by atoms with E-state index in [2.05, 4.69) is 4.98 Å². The van der Waals surface area contributed by atoms with Crippen LogP contribution in [0.1, 0.15) is 12.2 Å². The summed E-state index contributed by atoms with van der Waals surface area (Å²) in [6.07, 6.45) is 5.13. The topological polar surface area (TPSA) is 39.9 Å². The van der Waals surface area contributed by atoms with E-state index in [0.717, 1.165) is 12.2 Å². The van der Waals surface area contributed by atoms with Crippen molar-refractivity contribution in [2.45, 2.75) is 18.4 Å². The van der Waals surface area contributed by atoms with Gasteiger partial charge in [0.25, 0.3) is 5.82 Å². The molecule has 1 heterocycles. The summed E-state index contributed by atoms with van der Waals surface area (Å²) >= 11 is 5.38. The van der Waals surface area contributed by atoms with Crippen LogP contribution in [0, 0.1) is 0 Å². The van der Waals surface area contributed by atoms with Crippen molar-refractivity contribution in [1.29, 1.82) is 0 Å². The number of aliphatic hydroxyl groups is 1. The molecule has 1 atom stereocenters. The summed E-state index contributed by atoms with van der Waals surface area (Å²) < 4.78 is 1.97. The quantitative estimate of drug-likeness (QED) is 0.505. The van der Waals surface area contributed by atoms with Gasteiger partial charge in [0.1, 0.15) is 18.0 Å². The fraction of sp³-hybridized carbons (Fsp3) is 0.571. The molecule has 1 aromatic rings. The number of alkyl halides is 1. The van der Waals surface area contributed by atoms with E-state index in [0.29, 0.717) is 6.42 Å². The molecule has 1 aromatic heterocycles. The van der Waals surface area contributed by atoms with E-state index >= 15 is 0 Å². The number of imidazole rings is 1. The minimum atomic E-state index is -0.738. The molecule has 0 aliphatic heterocycles. The molecule has 0 fully saturated rings. The van der Waals surface area contributed by atoms with E-state index in [1.165, 1.54) is 0 Å². The average Bonchev–Trinajstić information content (AvgIpc) is 2.31. The Hall–Kier alpha value is -0.540. The van der Waals surface area contributed by atoms with Gasteiger partial charge in [-0.15, -0.1) is 0 Å². The zero-order valence-electron chi connectivity index (χ0n) is 6.42. The third-order valence-corrected chi connectivity index (χ3v) is 1.81. The summed E-state index contributed by atoms with van der Waals surface area (Å²) in [5.74, 6) is 1.07. The number of rotatable bonds is 3. The van der Waals surface area contributed by atoms with Crippen LogP contribution in [0.15, 0.2) is 12.4 Å². The van der Waals surface area contributed by atoms with E-state index in [-0.39, 0.29) is 0 Å². The van der Waals surface area contributed by atoms with Gasteiger partial charge in [-0.3, -0.25) is 0 Å². The van der Waals surface area contributed by atoms with Gasteiger partial charge < -0.3 is 5.11 Å². The van der Waals surface area contributed by atoms with E-state index in [4.69, 9.17) is 16.7 Å². The number of aliphatic hydroxyl groups excluding tert-OH is 1. The van der Waals surface area contributed by atoms with Gasteiger partial charge in [0, 0.05) is 0 Å². The molecule has 0 aliphatic rings. The molecular weight excluding hydrogens is 164 g/mol. The van der Waals surface area contributed by atoms with Gasteiger partial charge in [-0.1, -0.05) is 11.6 Å². The van der Waals surface area contributed by atoms with Crippen LogP contribution in [0.4, 0.5) is 0 Å². The monoisotopic (exact) mass is 175 g/mol. The maximum absolute atomic E-state index is 8.78. The predicted molar refractivity (Wildman–Crippen MR) is 42.1 cm³/mol. The number of aromatic amines is 1. The van der Waals surface area contributed by atoms with Crippen molar-refractivity contribution in [1.82, 2.24) is 4.98 Å². The molecule has 0 aromatic carbocycles. The molecule has 0 aliphatic carbocycles. The van der Waals surface area contributed by atoms with Gasteiger partial charge in [0.15, 0.2) is 0 Å². The Morgan fingerprint density at radius 1 is 1.82 bits per heavy atom. The molecule has 1 unspecified atom stereocenters. The second-order valence-corrected chi connectivity index (χ2v) is 2.99. The van der Waals surface area contributed by atoms with Crippen LogP contribution < -0.4 is 4.57 Å². The number of nitrogens with zero attached hydrogens (tertiary/aromatic N) is 1. The van der Waals surface area contributed by atoms with Crippen molar-refractivity contribution in [3.8, 4) is 0 Å². The number of hydrogen-bond donors (Lipinski definition) is 2. The first kappa shape index (κ1) is 8.56. The van der Waals surface area contributed by atoms with E-state index in [1.54, 1.807) is 0 Å². The Balaban J connectivity index is 2.44. The summed E-state index contributed by atoms with van der Waals surface area (Å²) in [6.45, 7) is 0. The third-order valence-electron chi connectivity index (χ3n) is 1.59.